The van der Waals surface area contributed by atoms with Gasteiger partial charge in [-0.15, -0.1) is 0 Å². The van der Waals surface area contributed by atoms with Crippen LogP contribution in [0, 0.1) is 11.7 Å². The first-order valence-electron chi connectivity index (χ1n) is 9.60. The summed E-state index contributed by atoms with van der Waals surface area (Å²) in [7, 11) is 1.63. The first-order valence-corrected chi connectivity index (χ1v) is 9.60. The lowest BCUT2D eigenvalue weighted by Crippen LogP contribution is -2.31. The molecule has 152 valence electrons. The molecule has 0 radical (unpaired) electrons. The molecule has 29 heavy (non-hydrogen) atoms. The van der Waals surface area contributed by atoms with Crippen LogP contribution in [0.3, 0.4) is 0 Å². The number of amides is 1. The Morgan fingerprint density at radius 2 is 1.83 bits per heavy atom. The number of nitrogens with zero attached hydrogens (tertiary/aromatic N) is 1. The van der Waals surface area contributed by atoms with Gasteiger partial charge in [0.05, 0.1) is 19.3 Å². The normalized spacial score (nSPS) is 12.0. The Labute approximate surface area is 169 Å². The molecule has 6 heteroatoms. The number of methoxy groups -OCH3 is 1. The van der Waals surface area contributed by atoms with Gasteiger partial charge in [-0.3, -0.25) is 4.79 Å². The van der Waals surface area contributed by atoms with Gasteiger partial charge in [-0.1, -0.05) is 26.0 Å². The van der Waals surface area contributed by atoms with Crippen molar-refractivity contribution >= 4 is 5.91 Å². The molecule has 0 aliphatic carbocycles. The predicted octanol–water partition coefficient (Wildman–Crippen LogP) is 4.94. The van der Waals surface area contributed by atoms with E-state index in [0.29, 0.717) is 18.1 Å². The van der Waals surface area contributed by atoms with E-state index in [-0.39, 0.29) is 30.1 Å². The van der Waals surface area contributed by atoms with Crippen LogP contribution in [0.25, 0.3) is 11.3 Å². The van der Waals surface area contributed by atoms with E-state index in [1.165, 1.54) is 12.1 Å². The smallest absolute Gasteiger partial charge is 0.221 e. The second-order valence-electron chi connectivity index (χ2n) is 7.19. The van der Waals surface area contributed by atoms with Crippen LogP contribution in [0.4, 0.5) is 4.39 Å². The minimum Gasteiger partial charge on any atom is -0.497 e. The van der Waals surface area contributed by atoms with Crippen molar-refractivity contribution in [1.29, 1.82) is 0 Å². The summed E-state index contributed by atoms with van der Waals surface area (Å²) >= 11 is 0. The van der Waals surface area contributed by atoms with Crippen LogP contribution in [0.15, 0.2) is 59.1 Å². The molecule has 5 nitrogen and oxygen atoms in total. The van der Waals surface area contributed by atoms with Gasteiger partial charge in [0.15, 0.2) is 11.7 Å². The van der Waals surface area contributed by atoms with Crippen LogP contribution in [0.2, 0.25) is 0 Å². The first-order chi connectivity index (χ1) is 14.0. The lowest BCUT2D eigenvalue weighted by atomic mass is 9.95. The maximum absolute atomic E-state index is 13.0. The number of ether oxygens (including phenoxy) is 1. The SMILES string of the molecule is COc1ccc(C(NC(=O)CCc2ncc(-c3ccc(F)cc3)o2)C(C)C)cc1. The Morgan fingerprint density at radius 1 is 1.14 bits per heavy atom. The molecule has 0 aliphatic rings. The third-order valence-corrected chi connectivity index (χ3v) is 4.71. The summed E-state index contributed by atoms with van der Waals surface area (Å²) in [5, 5.41) is 3.09. The minimum atomic E-state index is -0.304. The van der Waals surface area contributed by atoms with E-state index in [1.54, 1.807) is 25.4 Å². The number of rotatable bonds is 8. The van der Waals surface area contributed by atoms with Crippen molar-refractivity contribution < 1.29 is 18.3 Å². The van der Waals surface area contributed by atoms with Crippen molar-refractivity contribution in [2.45, 2.75) is 32.7 Å². The lowest BCUT2D eigenvalue weighted by molar-refractivity contribution is -0.122. The van der Waals surface area contributed by atoms with Gasteiger partial charge in [0, 0.05) is 18.4 Å². The number of nitrogens with one attached hydrogen (secondary N) is 1. The number of carbonyl (C=O) groups is 1. The number of halogens is 1. The van der Waals surface area contributed by atoms with E-state index >= 15 is 0 Å². The Morgan fingerprint density at radius 3 is 2.45 bits per heavy atom. The average Bonchev–Trinajstić information content (AvgIpc) is 3.20. The quantitative estimate of drug-likeness (QED) is 0.586. The van der Waals surface area contributed by atoms with Crippen molar-refractivity contribution in [1.82, 2.24) is 10.3 Å². The van der Waals surface area contributed by atoms with Gasteiger partial charge in [0.25, 0.3) is 0 Å². The zero-order chi connectivity index (χ0) is 20.8. The molecule has 1 unspecified atom stereocenters. The number of aromatic nitrogens is 1. The van der Waals surface area contributed by atoms with Gasteiger partial charge < -0.3 is 14.5 Å². The molecule has 0 aliphatic heterocycles. The Bertz CT molecular complexity index is 934. The van der Waals surface area contributed by atoms with Crippen LogP contribution in [0.1, 0.15) is 37.8 Å². The van der Waals surface area contributed by atoms with Gasteiger partial charge in [-0.05, 0) is 47.9 Å². The molecule has 0 spiro atoms. The fourth-order valence-electron chi connectivity index (χ4n) is 3.09. The fourth-order valence-corrected chi connectivity index (χ4v) is 3.09. The van der Waals surface area contributed by atoms with E-state index in [4.69, 9.17) is 9.15 Å². The standard InChI is InChI=1S/C23H25FN2O3/c1-15(2)23(17-6-10-19(28-3)11-7-17)26-21(27)12-13-22-25-14-20(29-22)16-4-8-18(24)9-5-16/h4-11,14-15,23H,12-13H2,1-3H3,(H,26,27). The highest BCUT2D eigenvalue weighted by molar-refractivity contribution is 5.76. The van der Waals surface area contributed by atoms with Crippen molar-refractivity contribution in [2.24, 2.45) is 5.92 Å². The topological polar surface area (TPSA) is 64.4 Å². The highest BCUT2D eigenvalue weighted by Gasteiger charge is 2.19. The second kappa shape index (κ2) is 9.37. The molecular formula is C23H25FN2O3. The molecule has 3 aromatic rings. The van der Waals surface area contributed by atoms with E-state index in [2.05, 4.69) is 24.1 Å². The number of oxazole rings is 1. The molecular weight excluding hydrogens is 371 g/mol. The largest absolute Gasteiger partial charge is 0.497 e. The van der Waals surface area contributed by atoms with Crippen LogP contribution in [-0.2, 0) is 11.2 Å². The Hall–Kier alpha value is -3.15. The van der Waals surface area contributed by atoms with Gasteiger partial charge in [0.2, 0.25) is 5.91 Å². The molecule has 3 rings (SSSR count). The van der Waals surface area contributed by atoms with Crippen LogP contribution in [-0.4, -0.2) is 18.0 Å². The van der Waals surface area contributed by atoms with E-state index < -0.39 is 0 Å². The van der Waals surface area contributed by atoms with Crippen molar-refractivity contribution in [3.8, 4) is 17.1 Å². The first kappa shape index (κ1) is 20.6. The van der Waals surface area contributed by atoms with E-state index in [9.17, 15) is 9.18 Å². The highest BCUT2D eigenvalue weighted by Crippen LogP contribution is 2.24. The van der Waals surface area contributed by atoms with Crippen molar-refractivity contribution in [3.05, 3.63) is 72.0 Å². The molecule has 1 atom stereocenters. The van der Waals surface area contributed by atoms with Crippen LogP contribution < -0.4 is 10.1 Å². The number of carbonyl (C=O) groups excluding carboxylic acids is 1. The van der Waals surface area contributed by atoms with Gasteiger partial charge in [0.1, 0.15) is 11.6 Å². The second-order valence-corrected chi connectivity index (χ2v) is 7.19. The molecule has 0 bridgehead atoms. The summed E-state index contributed by atoms with van der Waals surface area (Å²) in [6, 6.07) is 13.6. The molecule has 1 amide bonds. The summed E-state index contributed by atoms with van der Waals surface area (Å²) in [6.07, 6.45) is 2.25. The number of hydrogen-bond donors (Lipinski definition) is 1. The molecule has 0 saturated heterocycles. The van der Waals surface area contributed by atoms with Crippen LogP contribution >= 0.6 is 0 Å². The number of aryl methyl sites for hydroxylation is 1. The minimum absolute atomic E-state index is 0.0685. The maximum Gasteiger partial charge on any atom is 0.221 e. The monoisotopic (exact) mass is 396 g/mol. The summed E-state index contributed by atoms with van der Waals surface area (Å²) in [6.45, 7) is 4.14. The molecule has 0 saturated carbocycles. The summed E-state index contributed by atoms with van der Waals surface area (Å²) in [5.74, 6) is 1.68. The zero-order valence-corrected chi connectivity index (χ0v) is 16.8. The van der Waals surface area contributed by atoms with Crippen molar-refractivity contribution in [3.63, 3.8) is 0 Å². The van der Waals surface area contributed by atoms with Gasteiger partial charge in [-0.25, -0.2) is 9.37 Å². The van der Waals surface area contributed by atoms with E-state index in [1.807, 2.05) is 24.3 Å². The summed E-state index contributed by atoms with van der Waals surface area (Å²) < 4.78 is 23.9. The van der Waals surface area contributed by atoms with Crippen LogP contribution in [0.5, 0.6) is 5.75 Å². The van der Waals surface area contributed by atoms with Crippen molar-refractivity contribution in [2.75, 3.05) is 7.11 Å². The Balaban J connectivity index is 1.58. The highest BCUT2D eigenvalue weighted by atomic mass is 19.1. The van der Waals surface area contributed by atoms with Gasteiger partial charge >= 0.3 is 0 Å². The zero-order valence-electron chi connectivity index (χ0n) is 16.8. The predicted molar refractivity (Wildman–Crippen MR) is 109 cm³/mol. The van der Waals surface area contributed by atoms with Gasteiger partial charge in [-0.2, -0.15) is 0 Å². The molecule has 1 aromatic heterocycles. The summed E-state index contributed by atoms with van der Waals surface area (Å²) in [4.78, 5) is 16.7. The maximum atomic E-state index is 13.0. The molecule has 1 N–H and O–H groups in total. The third-order valence-electron chi connectivity index (χ3n) is 4.71. The molecule has 2 aromatic carbocycles. The average molecular weight is 396 g/mol. The third kappa shape index (κ3) is 5.44. The number of benzene rings is 2. The summed E-state index contributed by atoms with van der Waals surface area (Å²) in [5.41, 5.74) is 1.78. The Kier molecular flexibility index (Phi) is 6.65. The van der Waals surface area contributed by atoms with E-state index in [0.717, 1.165) is 16.9 Å². The number of hydrogen-bond acceptors (Lipinski definition) is 4. The molecule has 0 fully saturated rings. The lowest BCUT2D eigenvalue weighted by Gasteiger charge is -2.23. The molecule has 1 heterocycles. The fraction of sp³-hybridized carbons (Fsp3) is 0.304.